The summed E-state index contributed by atoms with van der Waals surface area (Å²) in [5, 5.41) is 2.74. The highest BCUT2D eigenvalue weighted by atomic mass is 32.1. The number of carbonyl (C=O) groups is 2. The molecule has 1 amide bonds. The fourth-order valence-electron chi connectivity index (χ4n) is 3.02. The van der Waals surface area contributed by atoms with Crippen LogP contribution in [0.5, 0.6) is 5.75 Å². The minimum Gasteiger partial charge on any atom is -0.495 e. The molecule has 26 heavy (non-hydrogen) atoms. The first-order valence-electron chi connectivity index (χ1n) is 8.85. The number of benzene rings is 1. The molecule has 1 aliphatic rings. The molecule has 0 radical (unpaired) electrons. The monoisotopic (exact) mass is 373 g/mol. The van der Waals surface area contributed by atoms with Crippen molar-refractivity contribution >= 4 is 28.9 Å². The number of anilines is 1. The van der Waals surface area contributed by atoms with Gasteiger partial charge in [0.25, 0.3) is 5.91 Å². The standard InChI is InChI=1S/C20H23NO4S/c1-13(19(22)21-15-9-6-7-10-16(15)24-2)25-20(23)18-12-14-8-4-3-5-11-17(14)26-18/h6-7,9-10,12-13H,3-5,8,11H2,1-2H3,(H,21,22)/t13-/m1/s1. The molecule has 5 nitrogen and oxygen atoms in total. The molecule has 0 bridgehead atoms. The Morgan fingerprint density at radius 3 is 2.73 bits per heavy atom. The van der Waals surface area contributed by atoms with Crippen LogP contribution in [0, 0.1) is 0 Å². The Kier molecular flexibility index (Phi) is 5.93. The van der Waals surface area contributed by atoms with Gasteiger partial charge in [0.05, 0.1) is 12.8 Å². The lowest BCUT2D eigenvalue weighted by molar-refractivity contribution is -0.123. The number of amides is 1. The second-order valence-electron chi connectivity index (χ2n) is 6.36. The summed E-state index contributed by atoms with van der Waals surface area (Å²) in [7, 11) is 1.54. The molecule has 2 aromatic rings. The van der Waals surface area contributed by atoms with E-state index in [0.29, 0.717) is 16.3 Å². The van der Waals surface area contributed by atoms with Crippen LogP contribution in [-0.4, -0.2) is 25.1 Å². The number of para-hydroxylation sites is 2. The lowest BCUT2D eigenvalue weighted by Crippen LogP contribution is -2.29. The van der Waals surface area contributed by atoms with Crippen LogP contribution in [-0.2, 0) is 22.4 Å². The molecule has 3 rings (SSSR count). The van der Waals surface area contributed by atoms with E-state index >= 15 is 0 Å². The van der Waals surface area contributed by atoms with Crippen molar-refractivity contribution in [3.63, 3.8) is 0 Å². The van der Waals surface area contributed by atoms with Crippen LogP contribution in [0.2, 0.25) is 0 Å². The molecule has 0 saturated carbocycles. The molecule has 6 heteroatoms. The van der Waals surface area contributed by atoms with Gasteiger partial charge in [-0.15, -0.1) is 11.3 Å². The smallest absolute Gasteiger partial charge is 0.349 e. The minimum atomic E-state index is -0.894. The first-order valence-corrected chi connectivity index (χ1v) is 9.66. The molecule has 0 spiro atoms. The average molecular weight is 373 g/mol. The third-order valence-electron chi connectivity index (χ3n) is 4.47. The lowest BCUT2D eigenvalue weighted by Gasteiger charge is -2.14. The highest BCUT2D eigenvalue weighted by molar-refractivity contribution is 7.14. The number of carbonyl (C=O) groups excluding carboxylic acids is 2. The van der Waals surface area contributed by atoms with E-state index in [2.05, 4.69) is 5.32 Å². The normalized spacial score (nSPS) is 14.7. The maximum absolute atomic E-state index is 12.4. The summed E-state index contributed by atoms with van der Waals surface area (Å²) in [6.07, 6.45) is 4.71. The second-order valence-corrected chi connectivity index (χ2v) is 7.49. The van der Waals surface area contributed by atoms with E-state index < -0.39 is 12.1 Å². The van der Waals surface area contributed by atoms with Crippen LogP contribution in [0.4, 0.5) is 5.69 Å². The molecule has 1 aliphatic carbocycles. The molecule has 1 N–H and O–H groups in total. The first kappa shape index (κ1) is 18.5. The van der Waals surface area contributed by atoms with Gasteiger partial charge in [-0.05, 0) is 56.4 Å². The van der Waals surface area contributed by atoms with Gasteiger partial charge in [-0.25, -0.2) is 4.79 Å². The lowest BCUT2D eigenvalue weighted by atomic mass is 10.1. The third kappa shape index (κ3) is 4.25. The molecule has 0 fully saturated rings. The highest BCUT2D eigenvalue weighted by Crippen LogP contribution is 2.29. The number of aryl methyl sites for hydroxylation is 2. The van der Waals surface area contributed by atoms with Crippen LogP contribution < -0.4 is 10.1 Å². The number of fused-ring (bicyclic) bond motifs is 1. The van der Waals surface area contributed by atoms with Crippen molar-refractivity contribution in [2.45, 2.75) is 45.1 Å². The molecule has 1 aromatic heterocycles. The van der Waals surface area contributed by atoms with E-state index in [1.807, 2.05) is 12.1 Å². The fraction of sp³-hybridized carbons (Fsp3) is 0.400. The van der Waals surface area contributed by atoms with Gasteiger partial charge in [-0.3, -0.25) is 4.79 Å². The summed E-state index contributed by atoms with van der Waals surface area (Å²) in [5.41, 5.74) is 1.80. The van der Waals surface area contributed by atoms with Gasteiger partial charge in [-0.1, -0.05) is 18.6 Å². The number of nitrogens with one attached hydrogen (secondary N) is 1. The molecule has 1 heterocycles. The average Bonchev–Trinajstić information content (AvgIpc) is 2.93. The molecular weight excluding hydrogens is 350 g/mol. The Hall–Kier alpha value is -2.34. The topological polar surface area (TPSA) is 64.6 Å². The summed E-state index contributed by atoms with van der Waals surface area (Å²) in [5.74, 6) is -0.270. The van der Waals surface area contributed by atoms with E-state index in [0.717, 1.165) is 19.3 Å². The zero-order valence-electron chi connectivity index (χ0n) is 15.0. The van der Waals surface area contributed by atoms with Crippen LogP contribution in [0.15, 0.2) is 30.3 Å². The molecule has 0 unspecified atom stereocenters. The van der Waals surface area contributed by atoms with Gasteiger partial charge in [0.1, 0.15) is 10.6 Å². The highest BCUT2D eigenvalue weighted by Gasteiger charge is 2.23. The van der Waals surface area contributed by atoms with Gasteiger partial charge < -0.3 is 14.8 Å². The van der Waals surface area contributed by atoms with E-state index in [4.69, 9.17) is 9.47 Å². The first-order chi connectivity index (χ1) is 12.6. The SMILES string of the molecule is COc1ccccc1NC(=O)[C@@H](C)OC(=O)c1cc2c(s1)CCCCC2. The number of methoxy groups -OCH3 is 1. The number of esters is 1. The van der Waals surface area contributed by atoms with Crippen molar-refractivity contribution in [2.24, 2.45) is 0 Å². The molecule has 138 valence electrons. The Bertz CT molecular complexity index is 775. The van der Waals surface area contributed by atoms with E-state index in [-0.39, 0.29) is 5.91 Å². The largest absolute Gasteiger partial charge is 0.495 e. The van der Waals surface area contributed by atoms with Crippen molar-refractivity contribution in [1.29, 1.82) is 0 Å². The summed E-state index contributed by atoms with van der Waals surface area (Å²) in [6, 6.07) is 9.04. The van der Waals surface area contributed by atoms with Crippen LogP contribution >= 0.6 is 11.3 Å². The van der Waals surface area contributed by atoms with Crippen LogP contribution in [0.3, 0.4) is 0 Å². The minimum absolute atomic E-state index is 0.388. The molecule has 1 aromatic carbocycles. The number of hydrogen-bond acceptors (Lipinski definition) is 5. The van der Waals surface area contributed by atoms with Gasteiger partial charge in [0.2, 0.25) is 0 Å². The quantitative estimate of drug-likeness (QED) is 0.630. The van der Waals surface area contributed by atoms with Gasteiger partial charge in [0.15, 0.2) is 6.10 Å². The number of hydrogen-bond donors (Lipinski definition) is 1. The van der Waals surface area contributed by atoms with Gasteiger partial charge in [0, 0.05) is 4.88 Å². The Labute approximate surface area is 157 Å². The molecule has 0 aliphatic heterocycles. The fourth-order valence-corrected chi connectivity index (χ4v) is 4.16. The van der Waals surface area contributed by atoms with Crippen molar-refractivity contribution < 1.29 is 19.1 Å². The summed E-state index contributed by atoms with van der Waals surface area (Å²) < 4.78 is 10.6. The number of thiophene rings is 1. The Morgan fingerprint density at radius 2 is 1.92 bits per heavy atom. The van der Waals surface area contributed by atoms with Gasteiger partial charge >= 0.3 is 5.97 Å². The van der Waals surface area contributed by atoms with Crippen LogP contribution in [0.1, 0.15) is 46.3 Å². The molecular formula is C20H23NO4S. The maximum atomic E-state index is 12.4. The predicted molar refractivity (Wildman–Crippen MR) is 102 cm³/mol. The maximum Gasteiger partial charge on any atom is 0.349 e. The summed E-state index contributed by atoms with van der Waals surface area (Å²) >= 11 is 1.49. The zero-order valence-corrected chi connectivity index (χ0v) is 15.9. The molecule has 0 saturated heterocycles. The summed E-state index contributed by atoms with van der Waals surface area (Å²) in [6.45, 7) is 1.57. The number of rotatable bonds is 5. The summed E-state index contributed by atoms with van der Waals surface area (Å²) in [4.78, 5) is 26.6. The van der Waals surface area contributed by atoms with E-state index in [1.165, 1.54) is 41.7 Å². The Balaban J connectivity index is 1.62. The van der Waals surface area contributed by atoms with Crippen molar-refractivity contribution in [2.75, 3.05) is 12.4 Å². The van der Waals surface area contributed by atoms with E-state index in [9.17, 15) is 9.59 Å². The van der Waals surface area contributed by atoms with Crippen molar-refractivity contribution in [3.05, 3.63) is 45.6 Å². The van der Waals surface area contributed by atoms with Crippen molar-refractivity contribution in [1.82, 2.24) is 0 Å². The molecule has 1 atom stereocenters. The Morgan fingerprint density at radius 1 is 1.15 bits per heavy atom. The van der Waals surface area contributed by atoms with Crippen LogP contribution in [0.25, 0.3) is 0 Å². The zero-order chi connectivity index (χ0) is 18.5. The predicted octanol–water partition coefficient (Wildman–Crippen LogP) is 4.21. The second kappa shape index (κ2) is 8.36. The van der Waals surface area contributed by atoms with E-state index in [1.54, 1.807) is 25.1 Å². The van der Waals surface area contributed by atoms with Gasteiger partial charge in [-0.2, -0.15) is 0 Å². The van der Waals surface area contributed by atoms with Crippen molar-refractivity contribution in [3.8, 4) is 5.75 Å². The number of ether oxygens (including phenoxy) is 2. The third-order valence-corrected chi connectivity index (χ3v) is 5.68.